The lowest BCUT2D eigenvalue weighted by molar-refractivity contribution is -0.103. The fraction of sp³-hybridized carbons (Fsp3) is 0.615. The summed E-state index contributed by atoms with van der Waals surface area (Å²) in [7, 11) is 1.53. The fourth-order valence-corrected chi connectivity index (χ4v) is 2.82. The van der Waals surface area contributed by atoms with Crippen molar-refractivity contribution >= 4 is 18.3 Å². The molecule has 3 aliphatic heterocycles. The van der Waals surface area contributed by atoms with Gasteiger partial charge in [0, 0.05) is 13.5 Å². The van der Waals surface area contributed by atoms with E-state index in [0.29, 0.717) is 5.84 Å². The highest BCUT2D eigenvalue weighted by Crippen LogP contribution is 2.35. The molecule has 0 aromatic rings. The Hall–Kier alpha value is -2.02. The lowest BCUT2D eigenvalue weighted by atomic mass is 9.99. The van der Waals surface area contributed by atoms with Gasteiger partial charge < -0.3 is 25.2 Å². The van der Waals surface area contributed by atoms with Crippen molar-refractivity contribution in [1.29, 1.82) is 0 Å². The summed E-state index contributed by atoms with van der Waals surface area (Å²) in [4.78, 5) is 13.7. The van der Waals surface area contributed by atoms with Crippen LogP contribution in [0.3, 0.4) is 0 Å². The molecular formula is C13H16FN5O3. The molecule has 3 aliphatic rings. The first-order valence-electron chi connectivity index (χ1n) is 6.77. The number of amidine groups is 2. The van der Waals surface area contributed by atoms with Crippen LogP contribution in [0.4, 0.5) is 4.39 Å². The smallest absolute Gasteiger partial charge is 0.285 e. The highest BCUT2D eigenvalue weighted by Gasteiger charge is 2.51. The summed E-state index contributed by atoms with van der Waals surface area (Å²) in [5.74, 6) is 2.65. The molecule has 3 N–H and O–H groups in total. The molecule has 118 valence electrons. The Kier molecular flexibility index (Phi) is 3.60. The maximum Gasteiger partial charge on any atom is 0.285 e. The van der Waals surface area contributed by atoms with Crippen molar-refractivity contribution in [1.82, 2.24) is 10.2 Å². The van der Waals surface area contributed by atoms with Crippen LogP contribution in [0.15, 0.2) is 15.0 Å². The second-order valence-electron chi connectivity index (χ2n) is 5.24. The highest BCUT2D eigenvalue weighted by molar-refractivity contribution is 6.03. The van der Waals surface area contributed by atoms with E-state index in [1.807, 2.05) is 0 Å². The quantitative estimate of drug-likeness (QED) is 0.423. The minimum absolute atomic E-state index is 0.156. The van der Waals surface area contributed by atoms with E-state index in [0.717, 1.165) is 0 Å². The van der Waals surface area contributed by atoms with Gasteiger partial charge in [-0.25, -0.2) is 4.99 Å². The number of hydrogen-bond acceptors (Lipinski definition) is 7. The molecule has 8 nitrogen and oxygen atoms in total. The fourth-order valence-electron chi connectivity index (χ4n) is 2.82. The van der Waals surface area contributed by atoms with Crippen molar-refractivity contribution in [2.45, 2.75) is 36.6 Å². The van der Waals surface area contributed by atoms with Gasteiger partial charge in [0.2, 0.25) is 0 Å². The number of aliphatic hydroxyl groups excluding tert-OH is 2. The molecule has 22 heavy (non-hydrogen) atoms. The van der Waals surface area contributed by atoms with Crippen LogP contribution in [-0.4, -0.2) is 77.2 Å². The monoisotopic (exact) mass is 309 g/mol. The van der Waals surface area contributed by atoms with Crippen molar-refractivity contribution in [2.24, 2.45) is 15.0 Å². The van der Waals surface area contributed by atoms with Gasteiger partial charge in [-0.15, -0.1) is 6.42 Å². The van der Waals surface area contributed by atoms with Gasteiger partial charge in [0.25, 0.3) is 6.09 Å². The predicted molar refractivity (Wildman–Crippen MR) is 77.1 cm³/mol. The minimum atomic E-state index is -1.46. The zero-order valence-electron chi connectivity index (χ0n) is 11.8. The zero-order chi connectivity index (χ0) is 15.9. The average molecular weight is 309 g/mol. The van der Waals surface area contributed by atoms with Crippen molar-refractivity contribution in [3.05, 3.63) is 0 Å². The molecule has 1 fully saturated rings. The third-order valence-electron chi connectivity index (χ3n) is 4.07. The summed E-state index contributed by atoms with van der Waals surface area (Å²) in [6.07, 6.45) is 3.88. The molecule has 0 aromatic carbocycles. The number of nitrogens with one attached hydrogen (secondary N) is 1. The third kappa shape index (κ3) is 2.08. The van der Waals surface area contributed by atoms with Crippen LogP contribution in [0.1, 0.15) is 6.42 Å². The summed E-state index contributed by atoms with van der Waals surface area (Å²) in [5, 5.41) is 21.9. The van der Waals surface area contributed by atoms with Crippen molar-refractivity contribution in [3.8, 4) is 12.3 Å². The molecule has 3 heterocycles. The largest absolute Gasteiger partial charge is 0.392 e. The van der Waals surface area contributed by atoms with E-state index in [4.69, 9.17) is 11.2 Å². The van der Waals surface area contributed by atoms with E-state index >= 15 is 0 Å². The topological polar surface area (TPSA) is 102 Å². The van der Waals surface area contributed by atoms with Gasteiger partial charge in [-0.2, -0.15) is 4.39 Å². The number of aliphatic imine (C=N–C) groups is 3. The first kappa shape index (κ1) is 14.9. The molecule has 0 amide bonds. The van der Waals surface area contributed by atoms with E-state index in [-0.39, 0.29) is 6.42 Å². The number of terminal acetylenes is 1. The normalized spacial score (nSPS) is 42.0. The predicted octanol–water partition coefficient (Wildman–Crippen LogP) is -1.55. The van der Waals surface area contributed by atoms with Crippen LogP contribution in [0, 0.1) is 12.3 Å². The molecule has 0 spiro atoms. The van der Waals surface area contributed by atoms with Crippen LogP contribution < -0.4 is 5.32 Å². The maximum absolute atomic E-state index is 13.6. The summed E-state index contributed by atoms with van der Waals surface area (Å²) in [6, 6.07) is -0.472. The lowest BCUT2D eigenvalue weighted by Gasteiger charge is -2.32. The van der Waals surface area contributed by atoms with Gasteiger partial charge in [0.15, 0.2) is 11.8 Å². The molecule has 1 saturated heterocycles. The van der Waals surface area contributed by atoms with Crippen LogP contribution >= 0.6 is 0 Å². The van der Waals surface area contributed by atoms with Gasteiger partial charge in [0.1, 0.15) is 24.2 Å². The van der Waals surface area contributed by atoms with Crippen molar-refractivity contribution in [2.75, 3.05) is 13.7 Å². The molecule has 0 bridgehead atoms. The Morgan fingerprint density at radius 1 is 1.73 bits per heavy atom. The Morgan fingerprint density at radius 3 is 3.09 bits per heavy atom. The molecule has 9 heteroatoms. The molecule has 0 aromatic heterocycles. The van der Waals surface area contributed by atoms with E-state index in [1.54, 1.807) is 4.90 Å². The molecule has 0 aliphatic carbocycles. The summed E-state index contributed by atoms with van der Waals surface area (Å²) in [5.41, 5.74) is -1.46. The van der Waals surface area contributed by atoms with Crippen LogP contribution in [0.25, 0.3) is 0 Å². The van der Waals surface area contributed by atoms with Gasteiger partial charge in [-0.05, 0) is 0 Å². The summed E-state index contributed by atoms with van der Waals surface area (Å²) < 4.78 is 19.2. The molecule has 2 unspecified atom stereocenters. The SMILES string of the molecule is C#C[C@]1(CO)O[C@@H](N2C=NC3C(=NC)NC(F)=NC32)C[C@@H]1O. The standard InChI is InChI=1S/C13H16FN5O3/c1-3-13(5-20)7(21)4-8(22-13)19-6-16-9-10(15-2)17-12(14)18-11(9)19/h1,6-9,11,20-21H,4-5H2,2H3,(H,15,17,18)/t7-,8+,9?,11?,13+/m0/s1. The maximum atomic E-state index is 13.6. The van der Waals surface area contributed by atoms with E-state index < -0.39 is 42.8 Å². The van der Waals surface area contributed by atoms with E-state index in [9.17, 15) is 14.6 Å². The van der Waals surface area contributed by atoms with Crippen molar-refractivity contribution in [3.63, 3.8) is 0 Å². The molecule has 0 saturated carbocycles. The summed E-state index contributed by atoms with van der Waals surface area (Å²) in [6.45, 7) is -0.513. The summed E-state index contributed by atoms with van der Waals surface area (Å²) >= 11 is 0. The number of halogens is 1. The molecular weight excluding hydrogens is 293 g/mol. The van der Waals surface area contributed by atoms with Crippen LogP contribution in [0.5, 0.6) is 0 Å². The van der Waals surface area contributed by atoms with E-state index in [2.05, 4.69) is 26.2 Å². The number of hydrogen-bond donors (Lipinski definition) is 3. The number of aliphatic hydroxyl groups is 2. The number of nitrogens with zero attached hydrogens (tertiary/aromatic N) is 4. The van der Waals surface area contributed by atoms with Crippen LogP contribution in [0.2, 0.25) is 0 Å². The second-order valence-corrected chi connectivity index (χ2v) is 5.24. The number of fused-ring (bicyclic) bond motifs is 1. The first-order chi connectivity index (χ1) is 10.5. The van der Waals surface area contributed by atoms with Crippen LogP contribution in [-0.2, 0) is 4.74 Å². The Morgan fingerprint density at radius 2 is 2.50 bits per heavy atom. The molecule has 0 radical (unpaired) electrons. The van der Waals surface area contributed by atoms with E-state index in [1.165, 1.54) is 13.4 Å². The average Bonchev–Trinajstić information content (AvgIpc) is 3.07. The Labute approximate surface area is 126 Å². The highest BCUT2D eigenvalue weighted by atomic mass is 19.1. The molecule has 3 rings (SSSR count). The second kappa shape index (κ2) is 5.31. The molecule has 5 atom stereocenters. The van der Waals surface area contributed by atoms with Crippen molar-refractivity contribution < 1.29 is 19.3 Å². The van der Waals surface area contributed by atoms with Gasteiger partial charge >= 0.3 is 0 Å². The third-order valence-corrected chi connectivity index (χ3v) is 4.07. The van der Waals surface area contributed by atoms with Gasteiger partial charge in [0.05, 0.1) is 12.9 Å². The zero-order valence-corrected chi connectivity index (χ0v) is 11.8. The number of ether oxygens (including phenoxy) is 1. The number of rotatable bonds is 2. The Bertz CT molecular complexity index is 601. The Balaban J connectivity index is 1.85. The minimum Gasteiger partial charge on any atom is -0.392 e. The van der Waals surface area contributed by atoms with Gasteiger partial charge in [-0.1, -0.05) is 5.92 Å². The lowest BCUT2D eigenvalue weighted by Crippen LogP contribution is -2.53. The first-order valence-corrected chi connectivity index (χ1v) is 6.77. The van der Waals surface area contributed by atoms with Gasteiger partial charge in [-0.3, -0.25) is 9.98 Å².